The number of nitriles is 1. The molecule has 20 heavy (non-hydrogen) atoms. The Hall–Kier alpha value is -1.51. The zero-order valence-corrected chi connectivity index (χ0v) is 13.3. The number of hydrogen-bond donors (Lipinski definition) is 0. The van der Waals surface area contributed by atoms with E-state index < -0.39 is 0 Å². The molecule has 0 saturated heterocycles. The smallest absolute Gasteiger partial charge is 0.207 e. The zero-order chi connectivity index (χ0) is 15.0. The number of thioether (sulfide) groups is 2. The standard InChI is InChI=1S/C15H16N2OS2/c1-11(2)20-15(17-10-16)19-9-8-14(18)13-6-4-12(3)5-7-13/h4-9,11H,1-3H3/b9-8-,17-15?. The molecular weight excluding hydrogens is 288 g/mol. The van der Waals surface area contributed by atoms with Crippen molar-refractivity contribution in [2.75, 3.05) is 0 Å². The predicted octanol–water partition coefficient (Wildman–Crippen LogP) is 4.40. The SMILES string of the molecule is Cc1ccc(C(=O)/C=C\SC(=NC#N)SC(C)C)cc1. The monoisotopic (exact) mass is 304 g/mol. The van der Waals surface area contributed by atoms with Gasteiger partial charge >= 0.3 is 0 Å². The van der Waals surface area contributed by atoms with E-state index in [1.807, 2.05) is 32.9 Å². The number of aryl methyl sites for hydroxylation is 1. The highest BCUT2D eigenvalue weighted by atomic mass is 32.2. The van der Waals surface area contributed by atoms with Crippen LogP contribution in [0, 0.1) is 18.4 Å². The van der Waals surface area contributed by atoms with Gasteiger partial charge in [-0.15, -0.1) is 0 Å². The lowest BCUT2D eigenvalue weighted by molar-refractivity contribution is 0.104. The second kappa shape index (κ2) is 8.62. The molecule has 0 fully saturated rings. The lowest BCUT2D eigenvalue weighted by atomic mass is 10.1. The van der Waals surface area contributed by atoms with Crippen LogP contribution in [-0.2, 0) is 0 Å². The van der Waals surface area contributed by atoms with E-state index in [0.717, 1.165) is 5.56 Å². The minimum Gasteiger partial charge on any atom is -0.289 e. The minimum atomic E-state index is -0.0524. The average Bonchev–Trinajstić information content (AvgIpc) is 2.39. The summed E-state index contributed by atoms with van der Waals surface area (Å²) in [5.74, 6) is -0.0524. The van der Waals surface area contributed by atoms with Crippen molar-refractivity contribution in [3.63, 3.8) is 0 Å². The summed E-state index contributed by atoms with van der Waals surface area (Å²) in [7, 11) is 0. The van der Waals surface area contributed by atoms with Gasteiger partial charge in [-0.1, -0.05) is 67.2 Å². The summed E-state index contributed by atoms with van der Waals surface area (Å²) in [5, 5.41) is 10.6. The van der Waals surface area contributed by atoms with Crippen molar-refractivity contribution < 1.29 is 4.79 Å². The third-order valence-electron chi connectivity index (χ3n) is 2.20. The second-order valence-corrected chi connectivity index (χ2v) is 7.01. The molecule has 1 rings (SSSR count). The fourth-order valence-corrected chi connectivity index (χ4v) is 3.16. The Balaban J connectivity index is 2.63. The lowest BCUT2D eigenvalue weighted by Gasteiger charge is -2.03. The van der Waals surface area contributed by atoms with Crippen LogP contribution in [0.15, 0.2) is 40.7 Å². The van der Waals surface area contributed by atoms with Crippen LogP contribution in [-0.4, -0.2) is 15.4 Å². The van der Waals surface area contributed by atoms with Gasteiger partial charge in [0.05, 0.1) is 0 Å². The Morgan fingerprint density at radius 2 is 2.00 bits per heavy atom. The molecule has 1 aromatic rings. The largest absolute Gasteiger partial charge is 0.289 e. The Morgan fingerprint density at radius 3 is 2.55 bits per heavy atom. The van der Waals surface area contributed by atoms with E-state index in [1.165, 1.54) is 29.6 Å². The number of ketones is 1. The Morgan fingerprint density at radius 1 is 1.35 bits per heavy atom. The van der Waals surface area contributed by atoms with Crippen molar-refractivity contribution in [3.8, 4) is 6.19 Å². The topological polar surface area (TPSA) is 53.2 Å². The maximum Gasteiger partial charge on any atom is 0.207 e. The first-order chi connectivity index (χ1) is 9.52. The Kier molecular flexibility index (Phi) is 7.13. The van der Waals surface area contributed by atoms with Gasteiger partial charge in [-0.2, -0.15) is 10.3 Å². The fourth-order valence-electron chi connectivity index (χ4n) is 1.29. The molecule has 0 radical (unpaired) electrons. The highest BCUT2D eigenvalue weighted by molar-refractivity contribution is 8.40. The summed E-state index contributed by atoms with van der Waals surface area (Å²) >= 11 is 2.79. The number of rotatable bonds is 4. The summed E-state index contributed by atoms with van der Waals surface area (Å²) in [6, 6.07) is 7.43. The van der Waals surface area contributed by atoms with Crippen LogP contribution in [0.25, 0.3) is 0 Å². The van der Waals surface area contributed by atoms with Crippen LogP contribution < -0.4 is 0 Å². The van der Waals surface area contributed by atoms with Crippen LogP contribution in [0.4, 0.5) is 0 Å². The van der Waals surface area contributed by atoms with Gasteiger partial charge in [0.15, 0.2) is 5.78 Å². The molecule has 0 amide bonds. The average molecular weight is 304 g/mol. The number of benzene rings is 1. The van der Waals surface area contributed by atoms with E-state index in [-0.39, 0.29) is 5.78 Å². The van der Waals surface area contributed by atoms with Crippen molar-refractivity contribution >= 4 is 33.7 Å². The maximum absolute atomic E-state index is 11.9. The molecule has 0 aliphatic heterocycles. The fraction of sp³-hybridized carbons (Fsp3) is 0.267. The molecule has 0 heterocycles. The molecule has 0 unspecified atom stereocenters. The summed E-state index contributed by atoms with van der Waals surface area (Å²) in [6.07, 6.45) is 3.28. The van der Waals surface area contributed by atoms with E-state index in [4.69, 9.17) is 5.26 Å². The van der Waals surface area contributed by atoms with Gasteiger partial charge in [0, 0.05) is 10.8 Å². The molecule has 3 nitrogen and oxygen atoms in total. The van der Waals surface area contributed by atoms with Crippen LogP contribution >= 0.6 is 23.5 Å². The van der Waals surface area contributed by atoms with E-state index >= 15 is 0 Å². The lowest BCUT2D eigenvalue weighted by Crippen LogP contribution is -1.95. The quantitative estimate of drug-likeness (QED) is 0.272. The summed E-state index contributed by atoms with van der Waals surface area (Å²) in [5.41, 5.74) is 1.78. The number of nitrogens with zero attached hydrogens (tertiary/aromatic N) is 2. The van der Waals surface area contributed by atoms with Crippen LogP contribution in [0.3, 0.4) is 0 Å². The molecule has 0 saturated carbocycles. The number of hydrogen-bond acceptors (Lipinski definition) is 5. The third kappa shape index (κ3) is 6.09. The Labute approximate surface area is 128 Å². The molecule has 0 spiro atoms. The third-order valence-corrected chi connectivity index (χ3v) is 4.11. The molecular formula is C15H16N2OS2. The summed E-state index contributed by atoms with van der Waals surface area (Å²) < 4.78 is 0.649. The summed E-state index contributed by atoms with van der Waals surface area (Å²) in [6.45, 7) is 6.03. The molecule has 0 aliphatic rings. The Bertz CT molecular complexity index is 554. The van der Waals surface area contributed by atoms with Crippen LogP contribution in [0.1, 0.15) is 29.8 Å². The van der Waals surface area contributed by atoms with Gasteiger partial charge in [-0.3, -0.25) is 4.79 Å². The summed E-state index contributed by atoms with van der Waals surface area (Å²) in [4.78, 5) is 15.6. The number of aliphatic imine (C=N–C) groups is 1. The molecule has 0 aromatic heterocycles. The van der Waals surface area contributed by atoms with E-state index in [9.17, 15) is 4.79 Å². The molecule has 1 aromatic carbocycles. The molecule has 104 valence electrons. The number of carbonyl (C=O) groups excluding carboxylic acids is 1. The first-order valence-corrected chi connectivity index (χ1v) is 7.86. The second-order valence-electron chi connectivity index (χ2n) is 4.30. The van der Waals surface area contributed by atoms with Gasteiger partial charge in [-0.25, -0.2) is 0 Å². The maximum atomic E-state index is 11.9. The number of allylic oxidation sites excluding steroid dienone is 1. The predicted molar refractivity (Wildman–Crippen MR) is 88.0 cm³/mol. The van der Waals surface area contributed by atoms with Gasteiger partial charge in [0.1, 0.15) is 4.38 Å². The number of carbonyl (C=O) groups is 1. The highest BCUT2D eigenvalue weighted by Gasteiger charge is 2.04. The van der Waals surface area contributed by atoms with Crippen LogP contribution in [0.5, 0.6) is 0 Å². The first kappa shape index (κ1) is 16.5. The van der Waals surface area contributed by atoms with Gasteiger partial charge < -0.3 is 0 Å². The molecule has 0 aliphatic carbocycles. The molecule has 0 atom stereocenters. The van der Waals surface area contributed by atoms with Crippen LogP contribution in [0.2, 0.25) is 0 Å². The van der Waals surface area contributed by atoms with Crippen molar-refractivity contribution in [2.24, 2.45) is 4.99 Å². The van der Waals surface area contributed by atoms with Gasteiger partial charge in [0.2, 0.25) is 6.19 Å². The van der Waals surface area contributed by atoms with Crippen molar-refractivity contribution in [1.82, 2.24) is 0 Å². The molecule has 0 bridgehead atoms. The van der Waals surface area contributed by atoms with E-state index in [2.05, 4.69) is 4.99 Å². The van der Waals surface area contributed by atoms with Crippen molar-refractivity contribution in [1.29, 1.82) is 5.26 Å². The molecule has 5 heteroatoms. The van der Waals surface area contributed by atoms with Crippen molar-refractivity contribution in [2.45, 2.75) is 26.0 Å². The van der Waals surface area contributed by atoms with Gasteiger partial charge in [0.25, 0.3) is 0 Å². The van der Waals surface area contributed by atoms with Gasteiger partial charge in [-0.05, 0) is 18.4 Å². The normalized spacial score (nSPS) is 11.8. The zero-order valence-electron chi connectivity index (χ0n) is 11.7. The van der Waals surface area contributed by atoms with Crippen molar-refractivity contribution in [3.05, 3.63) is 46.9 Å². The van der Waals surface area contributed by atoms with E-state index in [1.54, 1.807) is 23.7 Å². The molecule has 0 N–H and O–H groups in total. The first-order valence-electron chi connectivity index (χ1n) is 6.10. The highest BCUT2D eigenvalue weighted by Crippen LogP contribution is 2.22. The minimum absolute atomic E-state index is 0.0524. The van der Waals surface area contributed by atoms with E-state index in [0.29, 0.717) is 15.2 Å².